The Morgan fingerprint density at radius 1 is 1.24 bits per heavy atom. The highest BCUT2D eigenvalue weighted by Crippen LogP contribution is 2.30. The minimum atomic E-state index is 0.212. The van der Waals surface area contributed by atoms with Crippen molar-refractivity contribution in [2.24, 2.45) is 0 Å². The fraction of sp³-hybridized carbons (Fsp3) is 0.500. The highest BCUT2D eigenvalue weighted by atomic mass is 32.2. The Morgan fingerprint density at radius 2 is 1.82 bits per heavy atom. The van der Waals surface area contributed by atoms with Crippen molar-refractivity contribution in [1.29, 1.82) is 0 Å². The van der Waals surface area contributed by atoms with Gasteiger partial charge in [-0.05, 0) is 31.9 Å². The quantitative estimate of drug-likeness (QED) is 0.802. The summed E-state index contributed by atoms with van der Waals surface area (Å²) < 4.78 is 0. The molecule has 1 amide bonds. The predicted molar refractivity (Wildman–Crippen MR) is 72.3 cm³/mol. The van der Waals surface area contributed by atoms with E-state index in [1.165, 1.54) is 10.5 Å². The minimum absolute atomic E-state index is 0.212. The van der Waals surface area contributed by atoms with Crippen LogP contribution < -0.4 is 0 Å². The van der Waals surface area contributed by atoms with Crippen LogP contribution in [0.2, 0.25) is 0 Å². The summed E-state index contributed by atoms with van der Waals surface area (Å²) in [5.41, 5.74) is 1.31. The molecule has 2 nitrogen and oxygen atoms in total. The van der Waals surface area contributed by atoms with Gasteiger partial charge in [0.05, 0.1) is 0 Å². The summed E-state index contributed by atoms with van der Waals surface area (Å²) in [6.07, 6.45) is 2.22. The highest BCUT2D eigenvalue weighted by Gasteiger charge is 2.21. The lowest BCUT2D eigenvalue weighted by molar-refractivity contribution is -0.129. The smallest absolute Gasteiger partial charge is 0.219 e. The second kappa shape index (κ2) is 5.58. The number of benzene rings is 1. The molecule has 1 aromatic carbocycles. The molecule has 0 unspecified atom stereocenters. The molecule has 1 aliphatic rings. The summed E-state index contributed by atoms with van der Waals surface area (Å²) in [7, 11) is 0. The van der Waals surface area contributed by atoms with Crippen molar-refractivity contribution in [2.75, 3.05) is 13.1 Å². The zero-order valence-electron chi connectivity index (χ0n) is 10.5. The number of aryl methyl sites for hydroxylation is 1. The first kappa shape index (κ1) is 12.5. The number of hydrogen-bond acceptors (Lipinski definition) is 2. The van der Waals surface area contributed by atoms with E-state index in [-0.39, 0.29) is 5.91 Å². The van der Waals surface area contributed by atoms with Crippen molar-refractivity contribution in [3.05, 3.63) is 29.8 Å². The lowest BCUT2D eigenvalue weighted by Crippen LogP contribution is -2.37. The Hall–Kier alpha value is -0.960. The number of carbonyl (C=O) groups excluding carboxylic acids is 1. The molecule has 0 bridgehead atoms. The molecule has 1 fully saturated rings. The van der Waals surface area contributed by atoms with E-state index >= 15 is 0 Å². The van der Waals surface area contributed by atoms with Gasteiger partial charge in [-0.2, -0.15) is 0 Å². The zero-order valence-corrected chi connectivity index (χ0v) is 11.3. The Morgan fingerprint density at radius 3 is 2.35 bits per heavy atom. The predicted octanol–water partition coefficient (Wildman–Crippen LogP) is 3.10. The Labute approximate surface area is 107 Å². The molecule has 0 spiro atoms. The van der Waals surface area contributed by atoms with E-state index in [4.69, 9.17) is 0 Å². The van der Waals surface area contributed by atoms with E-state index in [0.29, 0.717) is 5.25 Å². The third-order valence-corrected chi connectivity index (χ3v) is 4.56. The topological polar surface area (TPSA) is 20.3 Å². The molecule has 0 N–H and O–H groups in total. The number of hydrogen-bond donors (Lipinski definition) is 0. The third-order valence-electron chi connectivity index (χ3n) is 3.21. The van der Waals surface area contributed by atoms with E-state index in [1.807, 2.05) is 16.7 Å². The summed E-state index contributed by atoms with van der Waals surface area (Å²) in [5, 5.41) is 0.660. The molecule has 2 rings (SSSR count). The van der Waals surface area contributed by atoms with Crippen molar-refractivity contribution in [2.45, 2.75) is 36.8 Å². The van der Waals surface area contributed by atoms with Crippen LogP contribution in [0.5, 0.6) is 0 Å². The van der Waals surface area contributed by atoms with Gasteiger partial charge in [0.2, 0.25) is 5.91 Å². The van der Waals surface area contributed by atoms with E-state index in [1.54, 1.807) is 6.92 Å². The van der Waals surface area contributed by atoms with Gasteiger partial charge in [-0.15, -0.1) is 11.8 Å². The van der Waals surface area contributed by atoms with Gasteiger partial charge in [0.15, 0.2) is 0 Å². The first-order chi connectivity index (χ1) is 8.15. The minimum Gasteiger partial charge on any atom is -0.343 e. The molecule has 17 heavy (non-hydrogen) atoms. The highest BCUT2D eigenvalue weighted by molar-refractivity contribution is 8.00. The number of nitrogens with zero attached hydrogens (tertiary/aromatic N) is 1. The van der Waals surface area contributed by atoms with Gasteiger partial charge < -0.3 is 4.90 Å². The van der Waals surface area contributed by atoms with Crippen LogP contribution in [0.4, 0.5) is 0 Å². The van der Waals surface area contributed by atoms with Gasteiger partial charge in [-0.25, -0.2) is 0 Å². The fourth-order valence-electron chi connectivity index (χ4n) is 2.10. The molecular formula is C14H19NOS. The molecule has 92 valence electrons. The molecule has 1 aliphatic heterocycles. The SMILES string of the molecule is CC(=O)N1CCC(Sc2ccc(C)cc2)CC1. The van der Waals surface area contributed by atoms with Crippen LogP contribution in [0.3, 0.4) is 0 Å². The maximum Gasteiger partial charge on any atom is 0.219 e. The Bertz CT molecular complexity index is 380. The normalized spacial score (nSPS) is 17.2. The van der Waals surface area contributed by atoms with Gasteiger partial charge in [0, 0.05) is 30.2 Å². The van der Waals surface area contributed by atoms with Gasteiger partial charge in [-0.3, -0.25) is 4.79 Å². The zero-order chi connectivity index (χ0) is 12.3. The van der Waals surface area contributed by atoms with E-state index in [2.05, 4.69) is 31.2 Å². The third kappa shape index (κ3) is 3.50. The van der Waals surface area contributed by atoms with Crippen LogP contribution in [0.25, 0.3) is 0 Å². The van der Waals surface area contributed by atoms with Crippen LogP contribution in [0.15, 0.2) is 29.2 Å². The molecule has 1 aromatic rings. The monoisotopic (exact) mass is 249 g/mol. The van der Waals surface area contributed by atoms with Crippen LogP contribution in [0, 0.1) is 6.92 Å². The van der Waals surface area contributed by atoms with Gasteiger partial charge in [0.1, 0.15) is 0 Å². The Balaban J connectivity index is 1.85. The molecule has 0 atom stereocenters. The average molecular weight is 249 g/mol. The van der Waals surface area contributed by atoms with E-state index in [0.717, 1.165) is 25.9 Å². The molecule has 0 saturated carbocycles. The molecule has 3 heteroatoms. The van der Waals surface area contributed by atoms with Crippen LogP contribution in [0.1, 0.15) is 25.3 Å². The summed E-state index contributed by atoms with van der Waals surface area (Å²) in [4.78, 5) is 14.5. The number of carbonyl (C=O) groups is 1. The van der Waals surface area contributed by atoms with Crippen LogP contribution in [-0.2, 0) is 4.79 Å². The molecule has 0 aliphatic carbocycles. The van der Waals surface area contributed by atoms with Crippen LogP contribution >= 0.6 is 11.8 Å². The Kier molecular flexibility index (Phi) is 4.11. The van der Waals surface area contributed by atoms with Crippen molar-refractivity contribution >= 4 is 17.7 Å². The summed E-state index contributed by atoms with van der Waals surface area (Å²) in [5.74, 6) is 0.212. The van der Waals surface area contributed by atoms with Gasteiger partial charge in [-0.1, -0.05) is 17.7 Å². The van der Waals surface area contributed by atoms with Crippen molar-refractivity contribution in [3.63, 3.8) is 0 Å². The second-order valence-electron chi connectivity index (χ2n) is 4.64. The lowest BCUT2D eigenvalue weighted by Gasteiger charge is -2.30. The number of likely N-dealkylation sites (tertiary alicyclic amines) is 1. The number of rotatable bonds is 2. The molecule has 0 radical (unpaired) electrons. The van der Waals surface area contributed by atoms with E-state index in [9.17, 15) is 4.79 Å². The largest absolute Gasteiger partial charge is 0.343 e. The average Bonchev–Trinajstić information content (AvgIpc) is 2.33. The number of thioether (sulfide) groups is 1. The van der Waals surface area contributed by atoms with Crippen molar-refractivity contribution < 1.29 is 4.79 Å². The number of piperidine rings is 1. The second-order valence-corrected chi connectivity index (χ2v) is 6.01. The maximum absolute atomic E-state index is 11.2. The van der Waals surface area contributed by atoms with Crippen molar-refractivity contribution in [3.8, 4) is 0 Å². The molecule has 1 saturated heterocycles. The summed E-state index contributed by atoms with van der Waals surface area (Å²) in [6, 6.07) is 8.70. The van der Waals surface area contributed by atoms with Gasteiger partial charge >= 0.3 is 0 Å². The first-order valence-corrected chi connectivity index (χ1v) is 7.02. The molecular weight excluding hydrogens is 230 g/mol. The summed E-state index contributed by atoms with van der Waals surface area (Å²) in [6.45, 7) is 5.60. The van der Waals surface area contributed by atoms with Gasteiger partial charge in [0.25, 0.3) is 0 Å². The van der Waals surface area contributed by atoms with Crippen molar-refractivity contribution in [1.82, 2.24) is 4.90 Å². The molecule has 0 aromatic heterocycles. The number of amides is 1. The first-order valence-electron chi connectivity index (χ1n) is 6.14. The van der Waals surface area contributed by atoms with E-state index < -0.39 is 0 Å². The fourth-order valence-corrected chi connectivity index (χ4v) is 3.22. The maximum atomic E-state index is 11.2. The standard InChI is InChI=1S/C14H19NOS/c1-11-3-5-13(6-4-11)17-14-7-9-15(10-8-14)12(2)16/h3-6,14H,7-10H2,1-2H3. The molecule has 1 heterocycles. The lowest BCUT2D eigenvalue weighted by atomic mass is 10.1. The summed E-state index contributed by atoms with van der Waals surface area (Å²) >= 11 is 1.95. The van der Waals surface area contributed by atoms with Crippen LogP contribution in [-0.4, -0.2) is 29.1 Å².